The van der Waals surface area contributed by atoms with E-state index in [0.29, 0.717) is 17.3 Å². The van der Waals surface area contributed by atoms with Gasteiger partial charge in [-0.15, -0.1) is 0 Å². The third kappa shape index (κ3) is 2.21. The van der Waals surface area contributed by atoms with Crippen LogP contribution in [-0.4, -0.2) is 29.4 Å². The maximum atomic E-state index is 6.05. The number of methoxy groups -OCH3 is 2. The molecule has 6 heteroatoms. The predicted molar refractivity (Wildman–Crippen MR) is 62.0 cm³/mol. The molecule has 0 saturated heterocycles. The molecule has 90 valence electrons. The number of nitrogens with zero attached hydrogens (tertiary/aromatic N) is 2. The Morgan fingerprint density at radius 1 is 1.24 bits per heavy atom. The summed E-state index contributed by atoms with van der Waals surface area (Å²) in [5, 5.41) is 6.52. The molecule has 3 N–H and O–H groups in total. The van der Waals surface area contributed by atoms with Crippen LogP contribution in [0.1, 0.15) is 17.4 Å². The first-order chi connectivity index (χ1) is 8.26. The summed E-state index contributed by atoms with van der Waals surface area (Å²) in [6, 6.07) is 5.14. The minimum atomic E-state index is -0.364. The Hall–Kier alpha value is -2.08. The summed E-state index contributed by atoms with van der Waals surface area (Å²) in [6.07, 6.45) is 1.43. The predicted octanol–water partition coefficient (Wildman–Crippen LogP) is 0.870. The Kier molecular flexibility index (Phi) is 3.24. The van der Waals surface area contributed by atoms with Gasteiger partial charge in [0.05, 0.1) is 20.3 Å². The molecule has 1 atom stereocenters. The van der Waals surface area contributed by atoms with Crippen LogP contribution in [-0.2, 0) is 0 Å². The van der Waals surface area contributed by atoms with Crippen molar-refractivity contribution in [2.24, 2.45) is 5.73 Å². The fraction of sp³-hybridized carbons (Fsp3) is 0.273. The number of nitrogens with two attached hydrogens (primary N) is 1. The summed E-state index contributed by atoms with van der Waals surface area (Å²) in [7, 11) is 3.18. The minimum absolute atomic E-state index is 0.364. The van der Waals surface area contributed by atoms with Crippen molar-refractivity contribution in [2.45, 2.75) is 6.04 Å². The number of H-pyrrole nitrogens is 1. The molecule has 2 aromatic rings. The van der Waals surface area contributed by atoms with E-state index in [0.717, 1.165) is 5.56 Å². The molecule has 0 fully saturated rings. The van der Waals surface area contributed by atoms with Gasteiger partial charge >= 0.3 is 0 Å². The lowest BCUT2D eigenvalue weighted by atomic mass is 10.1. The van der Waals surface area contributed by atoms with Gasteiger partial charge in [-0.25, -0.2) is 4.98 Å². The standard InChI is InChI=1S/C11H14N4O2/c1-16-8-4-3-7(5-9(8)17-2)10(12)11-13-6-14-15-11/h3-6,10H,12H2,1-2H3,(H,13,14,15)/t10-/m1/s1. The second-order valence-corrected chi connectivity index (χ2v) is 3.46. The van der Waals surface area contributed by atoms with Crippen LogP contribution in [0.3, 0.4) is 0 Å². The molecular formula is C11H14N4O2. The summed E-state index contributed by atoms with van der Waals surface area (Å²) >= 11 is 0. The molecule has 1 aromatic heterocycles. The van der Waals surface area contributed by atoms with E-state index in [-0.39, 0.29) is 6.04 Å². The van der Waals surface area contributed by atoms with Crippen molar-refractivity contribution in [3.63, 3.8) is 0 Å². The molecule has 17 heavy (non-hydrogen) atoms. The van der Waals surface area contributed by atoms with Gasteiger partial charge in [-0.1, -0.05) is 6.07 Å². The summed E-state index contributed by atoms with van der Waals surface area (Å²) in [6.45, 7) is 0. The Bertz CT molecular complexity index is 484. The zero-order valence-corrected chi connectivity index (χ0v) is 9.68. The second-order valence-electron chi connectivity index (χ2n) is 3.46. The van der Waals surface area contributed by atoms with Crippen LogP contribution in [0.5, 0.6) is 11.5 Å². The maximum Gasteiger partial charge on any atom is 0.161 e. The second kappa shape index (κ2) is 4.84. The van der Waals surface area contributed by atoms with Crippen molar-refractivity contribution >= 4 is 0 Å². The van der Waals surface area contributed by atoms with Crippen LogP contribution in [0.2, 0.25) is 0 Å². The van der Waals surface area contributed by atoms with Gasteiger partial charge in [0.2, 0.25) is 0 Å². The lowest BCUT2D eigenvalue weighted by molar-refractivity contribution is 0.354. The Morgan fingerprint density at radius 2 is 2.00 bits per heavy atom. The molecule has 0 radical (unpaired) electrons. The molecule has 1 heterocycles. The number of rotatable bonds is 4. The third-order valence-electron chi connectivity index (χ3n) is 2.49. The summed E-state index contributed by atoms with van der Waals surface area (Å²) in [4.78, 5) is 4.03. The molecule has 0 aliphatic rings. The van der Waals surface area contributed by atoms with Crippen LogP contribution < -0.4 is 15.2 Å². The molecule has 0 spiro atoms. The highest BCUT2D eigenvalue weighted by molar-refractivity contribution is 5.44. The van der Waals surface area contributed by atoms with Crippen molar-refractivity contribution < 1.29 is 9.47 Å². The summed E-state index contributed by atoms with van der Waals surface area (Å²) in [5.41, 5.74) is 6.92. The van der Waals surface area contributed by atoms with Crippen LogP contribution >= 0.6 is 0 Å². The molecule has 0 aliphatic carbocycles. The number of hydrogen-bond acceptors (Lipinski definition) is 5. The Morgan fingerprint density at radius 3 is 2.59 bits per heavy atom. The molecule has 6 nitrogen and oxygen atoms in total. The van der Waals surface area contributed by atoms with E-state index in [4.69, 9.17) is 15.2 Å². The summed E-state index contributed by atoms with van der Waals surface area (Å²) < 4.78 is 10.4. The van der Waals surface area contributed by atoms with E-state index in [2.05, 4.69) is 15.2 Å². The van der Waals surface area contributed by atoms with Gasteiger partial charge in [0, 0.05) is 0 Å². The number of hydrogen-bond donors (Lipinski definition) is 2. The fourth-order valence-electron chi connectivity index (χ4n) is 1.57. The maximum absolute atomic E-state index is 6.05. The molecule has 0 unspecified atom stereocenters. The first-order valence-electron chi connectivity index (χ1n) is 5.09. The van der Waals surface area contributed by atoms with Crippen molar-refractivity contribution in [1.29, 1.82) is 0 Å². The highest BCUT2D eigenvalue weighted by Crippen LogP contribution is 2.30. The Labute approximate surface area is 98.8 Å². The average molecular weight is 234 g/mol. The van der Waals surface area contributed by atoms with E-state index in [1.807, 2.05) is 18.2 Å². The first-order valence-corrected chi connectivity index (χ1v) is 5.09. The first kappa shape index (κ1) is 11.4. The van der Waals surface area contributed by atoms with E-state index in [9.17, 15) is 0 Å². The molecular weight excluding hydrogens is 220 g/mol. The lowest BCUT2D eigenvalue weighted by Gasteiger charge is -2.12. The van der Waals surface area contributed by atoms with Crippen LogP contribution in [0.4, 0.5) is 0 Å². The number of aromatic amines is 1. The van der Waals surface area contributed by atoms with Crippen molar-refractivity contribution in [2.75, 3.05) is 14.2 Å². The van der Waals surface area contributed by atoms with Gasteiger partial charge in [0.25, 0.3) is 0 Å². The lowest BCUT2D eigenvalue weighted by Crippen LogP contribution is -2.13. The third-order valence-corrected chi connectivity index (χ3v) is 2.49. The van der Waals surface area contributed by atoms with Gasteiger partial charge in [-0.05, 0) is 17.7 Å². The van der Waals surface area contributed by atoms with Crippen LogP contribution in [0.15, 0.2) is 24.5 Å². The molecule has 0 aliphatic heterocycles. The summed E-state index contributed by atoms with van der Waals surface area (Å²) in [5.74, 6) is 1.92. The van der Waals surface area contributed by atoms with Gasteiger partial charge in [0.15, 0.2) is 11.5 Å². The zero-order chi connectivity index (χ0) is 12.3. The highest BCUT2D eigenvalue weighted by atomic mass is 16.5. The van der Waals surface area contributed by atoms with Crippen LogP contribution in [0, 0.1) is 0 Å². The van der Waals surface area contributed by atoms with E-state index in [1.165, 1.54) is 6.33 Å². The highest BCUT2D eigenvalue weighted by Gasteiger charge is 2.14. The number of ether oxygens (including phenoxy) is 2. The average Bonchev–Trinajstić information content (AvgIpc) is 2.90. The number of nitrogens with one attached hydrogen (secondary N) is 1. The van der Waals surface area contributed by atoms with Gasteiger partial charge in [0.1, 0.15) is 12.2 Å². The number of benzene rings is 1. The van der Waals surface area contributed by atoms with E-state index < -0.39 is 0 Å². The topological polar surface area (TPSA) is 86.0 Å². The van der Waals surface area contributed by atoms with Gasteiger partial charge in [-0.2, -0.15) is 5.10 Å². The molecule has 0 bridgehead atoms. The largest absolute Gasteiger partial charge is 0.493 e. The Balaban J connectivity index is 2.33. The SMILES string of the molecule is COc1ccc([C@@H](N)c2ncn[nH]2)cc1OC. The quantitative estimate of drug-likeness (QED) is 0.819. The molecule has 2 rings (SSSR count). The smallest absolute Gasteiger partial charge is 0.161 e. The molecule has 0 saturated carbocycles. The normalized spacial score (nSPS) is 12.2. The number of aromatic nitrogens is 3. The van der Waals surface area contributed by atoms with Crippen molar-refractivity contribution in [3.8, 4) is 11.5 Å². The zero-order valence-electron chi connectivity index (χ0n) is 9.68. The molecule has 0 amide bonds. The fourth-order valence-corrected chi connectivity index (χ4v) is 1.57. The van der Waals surface area contributed by atoms with E-state index >= 15 is 0 Å². The molecule has 1 aromatic carbocycles. The van der Waals surface area contributed by atoms with E-state index in [1.54, 1.807) is 14.2 Å². The van der Waals surface area contributed by atoms with Crippen molar-refractivity contribution in [1.82, 2.24) is 15.2 Å². The van der Waals surface area contributed by atoms with Gasteiger partial charge < -0.3 is 15.2 Å². The van der Waals surface area contributed by atoms with Gasteiger partial charge in [-0.3, -0.25) is 5.10 Å². The minimum Gasteiger partial charge on any atom is -0.493 e. The van der Waals surface area contributed by atoms with Crippen molar-refractivity contribution in [3.05, 3.63) is 35.9 Å². The van der Waals surface area contributed by atoms with Crippen LogP contribution in [0.25, 0.3) is 0 Å². The monoisotopic (exact) mass is 234 g/mol.